The predicted octanol–water partition coefficient (Wildman–Crippen LogP) is 3.99. The Hall–Kier alpha value is -2.95. The molecule has 3 aromatic rings. The van der Waals surface area contributed by atoms with E-state index in [-0.39, 0.29) is 11.7 Å². The number of carbonyl (C=O) groups is 1. The zero-order valence-electron chi connectivity index (χ0n) is 13.4. The van der Waals surface area contributed by atoms with E-state index in [1.165, 1.54) is 18.2 Å². The Morgan fingerprint density at radius 1 is 1.04 bits per heavy atom. The summed E-state index contributed by atoms with van der Waals surface area (Å²) in [6.07, 6.45) is 2.45. The molecule has 1 fully saturated rings. The molecule has 0 unspecified atom stereocenters. The van der Waals surface area contributed by atoms with Crippen molar-refractivity contribution in [3.63, 3.8) is 0 Å². The summed E-state index contributed by atoms with van der Waals surface area (Å²) in [4.78, 5) is 24.2. The molecule has 0 saturated heterocycles. The van der Waals surface area contributed by atoms with E-state index in [1.54, 1.807) is 36.4 Å². The van der Waals surface area contributed by atoms with Crippen LogP contribution < -0.4 is 10.9 Å². The molecule has 1 aliphatic rings. The highest BCUT2D eigenvalue weighted by atomic mass is 19.1. The molecular formula is C20H16FNO3. The largest absolute Gasteiger partial charge is 0.423 e. The van der Waals surface area contributed by atoms with Crippen LogP contribution in [-0.2, 0) is 10.2 Å². The average molecular weight is 337 g/mol. The van der Waals surface area contributed by atoms with Crippen LogP contribution >= 0.6 is 0 Å². The van der Waals surface area contributed by atoms with Gasteiger partial charge in [-0.3, -0.25) is 4.79 Å². The Bertz CT molecular complexity index is 1000. The van der Waals surface area contributed by atoms with E-state index in [0.717, 1.165) is 30.2 Å². The van der Waals surface area contributed by atoms with Crippen molar-refractivity contribution in [1.82, 2.24) is 0 Å². The summed E-state index contributed by atoms with van der Waals surface area (Å²) in [5.41, 5.74) is 0.937. The van der Waals surface area contributed by atoms with Gasteiger partial charge in [-0.2, -0.15) is 0 Å². The van der Waals surface area contributed by atoms with E-state index >= 15 is 0 Å². The van der Waals surface area contributed by atoms with Crippen LogP contribution in [0.4, 0.5) is 10.1 Å². The summed E-state index contributed by atoms with van der Waals surface area (Å²) < 4.78 is 18.3. The van der Waals surface area contributed by atoms with Crippen LogP contribution in [0.2, 0.25) is 0 Å². The molecule has 5 heteroatoms. The number of halogens is 1. The molecule has 1 aliphatic carbocycles. The Morgan fingerprint density at radius 3 is 2.48 bits per heavy atom. The molecule has 0 spiro atoms. The highest BCUT2D eigenvalue weighted by molar-refractivity contribution is 6.01. The van der Waals surface area contributed by atoms with E-state index in [9.17, 15) is 14.0 Å². The van der Waals surface area contributed by atoms with Gasteiger partial charge in [-0.25, -0.2) is 9.18 Å². The standard InChI is InChI=1S/C20H16FNO3/c21-15-5-3-14(4-6-15)20(10-1-11-20)19(24)22-16-7-8-17-13(12-16)2-9-18(23)25-17/h2-9,12H,1,10-11H2,(H,22,24). The Morgan fingerprint density at radius 2 is 1.80 bits per heavy atom. The molecule has 0 bridgehead atoms. The number of carbonyl (C=O) groups excluding carboxylic acids is 1. The molecule has 126 valence electrons. The van der Waals surface area contributed by atoms with Crippen molar-refractivity contribution in [3.05, 3.63) is 76.4 Å². The number of benzene rings is 2. The van der Waals surface area contributed by atoms with Gasteiger partial charge in [0.05, 0.1) is 5.41 Å². The normalized spacial score (nSPS) is 15.6. The first-order valence-corrected chi connectivity index (χ1v) is 8.18. The molecule has 1 amide bonds. The van der Waals surface area contributed by atoms with Crippen LogP contribution in [0.15, 0.2) is 63.8 Å². The van der Waals surface area contributed by atoms with Gasteiger partial charge in [-0.1, -0.05) is 18.6 Å². The van der Waals surface area contributed by atoms with Crippen molar-refractivity contribution < 1.29 is 13.6 Å². The number of fused-ring (bicyclic) bond motifs is 1. The molecule has 4 nitrogen and oxygen atoms in total. The molecule has 1 aromatic heterocycles. The monoisotopic (exact) mass is 337 g/mol. The molecule has 1 N–H and O–H groups in total. The lowest BCUT2D eigenvalue weighted by Crippen LogP contribution is -2.46. The summed E-state index contributed by atoms with van der Waals surface area (Å²) in [6, 6.07) is 14.3. The number of nitrogens with one attached hydrogen (secondary N) is 1. The highest BCUT2D eigenvalue weighted by Gasteiger charge is 2.45. The second-order valence-corrected chi connectivity index (χ2v) is 6.40. The Kier molecular flexibility index (Phi) is 3.64. The molecule has 0 atom stereocenters. The van der Waals surface area contributed by atoms with Crippen molar-refractivity contribution in [3.8, 4) is 0 Å². The topological polar surface area (TPSA) is 59.3 Å². The fourth-order valence-electron chi connectivity index (χ4n) is 3.35. The fraction of sp³-hybridized carbons (Fsp3) is 0.200. The minimum Gasteiger partial charge on any atom is -0.423 e. The van der Waals surface area contributed by atoms with Gasteiger partial charge in [-0.15, -0.1) is 0 Å². The Balaban J connectivity index is 1.63. The first kappa shape index (κ1) is 15.6. The van der Waals surface area contributed by atoms with Gasteiger partial charge in [0.15, 0.2) is 0 Å². The van der Waals surface area contributed by atoms with Gasteiger partial charge >= 0.3 is 5.63 Å². The molecule has 4 rings (SSSR count). The zero-order chi connectivity index (χ0) is 17.4. The first-order valence-electron chi connectivity index (χ1n) is 8.18. The van der Waals surface area contributed by atoms with Crippen molar-refractivity contribution in [2.45, 2.75) is 24.7 Å². The Labute approximate surface area is 143 Å². The minimum absolute atomic E-state index is 0.0953. The van der Waals surface area contributed by atoms with Crippen LogP contribution in [0.25, 0.3) is 11.0 Å². The molecule has 2 aromatic carbocycles. The quantitative estimate of drug-likeness (QED) is 0.735. The summed E-state index contributed by atoms with van der Waals surface area (Å²) in [7, 11) is 0. The molecular weight excluding hydrogens is 321 g/mol. The lowest BCUT2D eigenvalue weighted by molar-refractivity contribution is -0.124. The summed E-state index contributed by atoms with van der Waals surface area (Å²) in [6.45, 7) is 0. The van der Waals surface area contributed by atoms with Crippen molar-refractivity contribution in [2.75, 3.05) is 5.32 Å². The van der Waals surface area contributed by atoms with Crippen LogP contribution in [-0.4, -0.2) is 5.91 Å². The van der Waals surface area contributed by atoms with E-state index in [0.29, 0.717) is 11.3 Å². The third-order valence-electron chi connectivity index (χ3n) is 4.92. The molecule has 1 saturated carbocycles. The van der Waals surface area contributed by atoms with E-state index < -0.39 is 11.0 Å². The lowest BCUT2D eigenvalue weighted by Gasteiger charge is -2.40. The molecule has 0 aliphatic heterocycles. The maximum atomic E-state index is 13.2. The van der Waals surface area contributed by atoms with Gasteiger partial charge in [0.1, 0.15) is 11.4 Å². The second-order valence-electron chi connectivity index (χ2n) is 6.40. The number of rotatable bonds is 3. The van der Waals surface area contributed by atoms with Crippen molar-refractivity contribution >= 4 is 22.6 Å². The summed E-state index contributed by atoms with van der Waals surface area (Å²) >= 11 is 0. The van der Waals surface area contributed by atoms with Gasteiger partial charge < -0.3 is 9.73 Å². The number of anilines is 1. The van der Waals surface area contributed by atoms with Gasteiger partial charge in [0, 0.05) is 17.1 Å². The van der Waals surface area contributed by atoms with Gasteiger partial charge in [-0.05, 0) is 54.8 Å². The third-order valence-corrected chi connectivity index (χ3v) is 4.92. The maximum Gasteiger partial charge on any atom is 0.336 e. The predicted molar refractivity (Wildman–Crippen MR) is 93.0 cm³/mol. The van der Waals surface area contributed by atoms with E-state index in [4.69, 9.17) is 4.42 Å². The maximum absolute atomic E-state index is 13.2. The zero-order valence-corrected chi connectivity index (χ0v) is 13.4. The number of amides is 1. The molecule has 0 radical (unpaired) electrons. The highest BCUT2D eigenvalue weighted by Crippen LogP contribution is 2.44. The van der Waals surface area contributed by atoms with Gasteiger partial charge in [0.25, 0.3) is 0 Å². The van der Waals surface area contributed by atoms with Crippen LogP contribution in [0.3, 0.4) is 0 Å². The fourth-order valence-corrected chi connectivity index (χ4v) is 3.35. The minimum atomic E-state index is -0.605. The van der Waals surface area contributed by atoms with Crippen LogP contribution in [0.5, 0.6) is 0 Å². The van der Waals surface area contributed by atoms with Crippen LogP contribution in [0.1, 0.15) is 24.8 Å². The van der Waals surface area contributed by atoms with Gasteiger partial charge in [0.2, 0.25) is 5.91 Å². The number of hydrogen-bond acceptors (Lipinski definition) is 3. The SMILES string of the molecule is O=C(Nc1ccc2oc(=O)ccc2c1)C1(c2ccc(F)cc2)CCC1. The third kappa shape index (κ3) is 2.71. The van der Waals surface area contributed by atoms with E-state index in [2.05, 4.69) is 5.32 Å². The first-order chi connectivity index (χ1) is 12.1. The van der Waals surface area contributed by atoms with E-state index in [1.807, 2.05) is 0 Å². The summed E-state index contributed by atoms with van der Waals surface area (Å²) in [5, 5.41) is 3.69. The molecule has 1 heterocycles. The van der Waals surface area contributed by atoms with Crippen molar-refractivity contribution in [1.29, 1.82) is 0 Å². The number of hydrogen-bond donors (Lipinski definition) is 1. The second kappa shape index (κ2) is 5.84. The van der Waals surface area contributed by atoms with Crippen molar-refractivity contribution in [2.24, 2.45) is 0 Å². The summed E-state index contributed by atoms with van der Waals surface area (Å²) in [5.74, 6) is -0.406. The lowest BCUT2D eigenvalue weighted by atomic mass is 9.64. The molecule has 25 heavy (non-hydrogen) atoms. The smallest absolute Gasteiger partial charge is 0.336 e. The van der Waals surface area contributed by atoms with Crippen LogP contribution in [0, 0.1) is 5.82 Å². The average Bonchev–Trinajstić information content (AvgIpc) is 2.56.